The van der Waals surface area contributed by atoms with E-state index in [4.69, 9.17) is 9.47 Å². The number of phenols is 1. The van der Waals surface area contributed by atoms with Gasteiger partial charge in [-0.2, -0.15) is 5.01 Å². The topological polar surface area (TPSA) is 100 Å². The molecule has 0 bridgehead atoms. The normalized spacial score (nSPS) is 14.9. The van der Waals surface area contributed by atoms with Crippen LogP contribution in [0.4, 0.5) is 10.1 Å². The molecule has 33 heavy (non-hydrogen) atoms. The Bertz CT molecular complexity index is 1230. The number of benzene rings is 3. The van der Waals surface area contributed by atoms with Crippen molar-refractivity contribution in [3.05, 3.63) is 89.2 Å². The molecule has 0 saturated carbocycles. The molecule has 0 saturated heterocycles. The molecule has 1 atom stereocenters. The maximum atomic E-state index is 13.0. The van der Waals surface area contributed by atoms with Crippen LogP contribution in [0, 0.1) is 5.82 Å². The Hall–Kier alpha value is -4.40. The first-order chi connectivity index (χ1) is 15.9. The summed E-state index contributed by atoms with van der Waals surface area (Å²) in [5.74, 6) is -0.690. The maximum absolute atomic E-state index is 13.0. The summed E-state index contributed by atoms with van der Waals surface area (Å²) in [5.41, 5.74) is 2.01. The minimum Gasteiger partial charge on any atom is -0.504 e. The fourth-order valence-electron chi connectivity index (χ4n) is 3.25. The van der Waals surface area contributed by atoms with Crippen LogP contribution in [-0.4, -0.2) is 34.9 Å². The number of ether oxygens (including phenoxy) is 2. The summed E-state index contributed by atoms with van der Waals surface area (Å²) in [5, 5.41) is 18.1. The number of nitrogens with zero attached hydrogens (tertiary/aromatic N) is 2. The van der Waals surface area contributed by atoms with Gasteiger partial charge in [0.15, 0.2) is 11.5 Å². The number of nitrogens with one attached hydrogen (secondary N) is 1. The third-order valence-corrected chi connectivity index (χ3v) is 4.95. The van der Waals surface area contributed by atoms with Crippen molar-refractivity contribution in [2.75, 3.05) is 12.4 Å². The van der Waals surface area contributed by atoms with Crippen molar-refractivity contribution in [2.45, 2.75) is 13.2 Å². The number of phenolic OH excluding ortho intramolecular Hbond substituents is 1. The number of hydrogen-bond donors (Lipinski definition) is 2. The Balaban J connectivity index is 1.51. The molecule has 1 aliphatic heterocycles. The van der Waals surface area contributed by atoms with Gasteiger partial charge < -0.3 is 19.9 Å². The molecule has 0 spiro atoms. The number of amides is 2. The van der Waals surface area contributed by atoms with Crippen LogP contribution in [0.1, 0.15) is 34.6 Å². The molecular weight excluding hydrogens is 429 g/mol. The number of methoxy groups -OCH3 is 1. The van der Waals surface area contributed by atoms with Gasteiger partial charge in [0.1, 0.15) is 5.82 Å². The third kappa shape index (κ3) is 4.62. The molecule has 0 aliphatic carbocycles. The molecule has 9 heteroatoms. The van der Waals surface area contributed by atoms with Crippen LogP contribution in [0.3, 0.4) is 0 Å². The van der Waals surface area contributed by atoms with E-state index in [-0.39, 0.29) is 29.2 Å². The Kier molecular flexibility index (Phi) is 5.95. The zero-order valence-electron chi connectivity index (χ0n) is 17.8. The average Bonchev–Trinajstić information content (AvgIpc) is 3.26. The molecule has 3 aromatic rings. The predicted molar refractivity (Wildman–Crippen MR) is 118 cm³/mol. The molecule has 0 fully saturated rings. The SMILES string of the molecule is COc1cc([C@H]2OC(c3ccc(NC(=O)c4ccc(F)cc4)cc3)=NN2C(C)=O)ccc1O. The van der Waals surface area contributed by atoms with Gasteiger partial charge in [-0.25, -0.2) is 4.39 Å². The third-order valence-electron chi connectivity index (χ3n) is 4.95. The van der Waals surface area contributed by atoms with E-state index in [9.17, 15) is 19.1 Å². The van der Waals surface area contributed by atoms with Crippen molar-refractivity contribution in [2.24, 2.45) is 5.10 Å². The Morgan fingerprint density at radius 2 is 1.79 bits per heavy atom. The number of aromatic hydroxyl groups is 1. The summed E-state index contributed by atoms with van der Waals surface area (Å²) >= 11 is 0. The molecule has 1 heterocycles. The first kappa shape index (κ1) is 21.8. The maximum Gasteiger partial charge on any atom is 0.255 e. The predicted octanol–water partition coefficient (Wildman–Crippen LogP) is 4.03. The molecule has 4 rings (SSSR count). The van der Waals surface area contributed by atoms with Crippen molar-refractivity contribution < 1.29 is 28.6 Å². The molecule has 0 aromatic heterocycles. The Morgan fingerprint density at radius 3 is 2.42 bits per heavy atom. The zero-order valence-corrected chi connectivity index (χ0v) is 17.8. The number of carbonyl (C=O) groups is 2. The minimum absolute atomic E-state index is 0.0342. The molecule has 0 unspecified atom stereocenters. The molecule has 0 radical (unpaired) electrons. The Morgan fingerprint density at radius 1 is 1.09 bits per heavy atom. The highest BCUT2D eigenvalue weighted by Crippen LogP contribution is 2.35. The van der Waals surface area contributed by atoms with E-state index < -0.39 is 12.0 Å². The quantitative estimate of drug-likeness (QED) is 0.613. The summed E-state index contributed by atoms with van der Waals surface area (Å²) in [6.45, 7) is 1.37. The van der Waals surface area contributed by atoms with Crippen LogP contribution in [-0.2, 0) is 9.53 Å². The van der Waals surface area contributed by atoms with Gasteiger partial charge in [0.25, 0.3) is 5.91 Å². The number of hydrazone groups is 1. The lowest BCUT2D eigenvalue weighted by Gasteiger charge is -2.20. The lowest BCUT2D eigenvalue weighted by atomic mass is 10.1. The second-order valence-electron chi connectivity index (χ2n) is 7.21. The molecule has 2 N–H and O–H groups in total. The van der Waals surface area contributed by atoms with Gasteiger partial charge in [-0.05, 0) is 66.7 Å². The highest BCUT2D eigenvalue weighted by atomic mass is 19.1. The van der Waals surface area contributed by atoms with Crippen molar-refractivity contribution in [3.63, 3.8) is 0 Å². The van der Waals surface area contributed by atoms with Crippen LogP contribution in [0.25, 0.3) is 0 Å². The van der Waals surface area contributed by atoms with Gasteiger partial charge >= 0.3 is 0 Å². The van der Waals surface area contributed by atoms with E-state index in [2.05, 4.69) is 10.4 Å². The van der Waals surface area contributed by atoms with E-state index in [1.165, 1.54) is 49.4 Å². The lowest BCUT2D eigenvalue weighted by Crippen LogP contribution is -2.25. The van der Waals surface area contributed by atoms with Gasteiger partial charge in [0.2, 0.25) is 18.0 Å². The standard InChI is InChI=1S/C24H20FN3O5/c1-14(29)28-24(17-7-12-20(30)21(13-17)32-2)33-23(27-28)16-5-10-19(11-6-16)26-22(31)15-3-8-18(25)9-4-15/h3-13,24,30H,1-2H3,(H,26,31)/t24-/m1/s1. The smallest absolute Gasteiger partial charge is 0.255 e. The number of halogens is 1. The van der Waals surface area contributed by atoms with Gasteiger partial charge in [0.05, 0.1) is 7.11 Å². The van der Waals surface area contributed by atoms with Crippen LogP contribution in [0.5, 0.6) is 11.5 Å². The van der Waals surface area contributed by atoms with Gasteiger partial charge in [-0.1, -0.05) is 0 Å². The average molecular weight is 449 g/mol. The fraction of sp³-hybridized carbons (Fsp3) is 0.125. The molecule has 1 aliphatic rings. The second-order valence-corrected chi connectivity index (χ2v) is 7.21. The molecule has 2 amide bonds. The second kappa shape index (κ2) is 8.99. The summed E-state index contributed by atoms with van der Waals surface area (Å²) in [4.78, 5) is 24.5. The summed E-state index contributed by atoms with van der Waals surface area (Å²) in [6.07, 6.45) is -0.829. The first-order valence-corrected chi connectivity index (χ1v) is 9.95. The number of hydrogen-bond acceptors (Lipinski definition) is 6. The summed E-state index contributed by atoms with van der Waals surface area (Å²) in [6, 6.07) is 16.6. The van der Waals surface area contributed by atoms with E-state index in [0.717, 1.165) is 0 Å². The van der Waals surface area contributed by atoms with E-state index in [1.807, 2.05) is 0 Å². The molecular formula is C24H20FN3O5. The van der Waals surface area contributed by atoms with Crippen molar-refractivity contribution in [1.29, 1.82) is 0 Å². The van der Waals surface area contributed by atoms with E-state index in [0.29, 0.717) is 22.4 Å². The van der Waals surface area contributed by atoms with Crippen molar-refractivity contribution in [3.8, 4) is 11.5 Å². The number of rotatable bonds is 5. The lowest BCUT2D eigenvalue weighted by molar-refractivity contribution is -0.135. The van der Waals surface area contributed by atoms with E-state index >= 15 is 0 Å². The largest absolute Gasteiger partial charge is 0.504 e. The first-order valence-electron chi connectivity index (χ1n) is 9.95. The Labute approximate surface area is 188 Å². The highest BCUT2D eigenvalue weighted by molar-refractivity contribution is 6.04. The number of anilines is 1. The minimum atomic E-state index is -0.829. The summed E-state index contributed by atoms with van der Waals surface area (Å²) < 4.78 is 24.1. The molecule has 3 aromatic carbocycles. The van der Waals surface area contributed by atoms with Crippen molar-refractivity contribution in [1.82, 2.24) is 5.01 Å². The fourth-order valence-corrected chi connectivity index (χ4v) is 3.25. The van der Waals surface area contributed by atoms with Crippen LogP contribution < -0.4 is 10.1 Å². The monoisotopic (exact) mass is 449 g/mol. The number of carbonyl (C=O) groups excluding carboxylic acids is 2. The highest BCUT2D eigenvalue weighted by Gasteiger charge is 2.33. The van der Waals surface area contributed by atoms with Crippen LogP contribution >= 0.6 is 0 Å². The van der Waals surface area contributed by atoms with Gasteiger partial charge in [-0.3, -0.25) is 9.59 Å². The zero-order chi connectivity index (χ0) is 23.5. The van der Waals surface area contributed by atoms with Crippen LogP contribution in [0.15, 0.2) is 71.8 Å². The molecule has 168 valence electrons. The van der Waals surface area contributed by atoms with Crippen LogP contribution in [0.2, 0.25) is 0 Å². The molecule has 8 nitrogen and oxygen atoms in total. The summed E-state index contributed by atoms with van der Waals surface area (Å²) in [7, 11) is 1.43. The van der Waals surface area contributed by atoms with Crippen molar-refractivity contribution >= 4 is 23.4 Å². The van der Waals surface area contributed by atoms with E-state index in [1.54, 1.807) is 36.4 Å². The van der Waals surface area contributed by atoms with Gasteiger partial charge in [0, 0.05) is 29.3 Å². The van der Waals surface area contributed by atoms with Gasteiger partial charge in [-0.15, -0.1) is 5.10 Å².